The molecule has 0 bridgehead atoms. The maximum Gasteiger partial charge on any atom is 0.270 e. The number of carbonyl (C=O) groups excluding carboxylic acids is 1. The molecule has 0 aliphatic carbocycles. The Morgan fingerprint density at radius 3 is 2.95 bits per heavy atom. The molecule has 3 rings (SSSR count). The SMILES string of the molecule is CCC1CCCCN1C(=O)c1cc2ccccc2c(=O)[nH]1. The van der Waals surface area contributed by atoms with Crippen molar-refractivity contribution in [3.05, 3.63) is 46.4 Å². The number of carbonyl (C=O) groups is 1. The highest BCUT2D eigenvalue weighted by Crippen LogP contribution is 2.21. The van der Waals surface area contributed by atoms with Gasteiger partial charge in [-0.25, -0.2) is 0 Å². The van der Waals surface area contributed by atoms with Gasteiger partial charge in [0.15, 0.2) is 0 Å². The lowest BCUT2D eigenvalue weighted by molar-refractivity contribution is 0.0602. The molecular formula is C17H20N2O2. The van der Waals surface area contributed by atoms with Gasteiger partial charge in [0.1, 0.15) is 5.69 Å². The number of benzene rings is 1. The lowest BCUT2D eigenvalue weighted by Crippen LogP contribution is -2.44. The minimum Gasteiger partial charge on any atom is -0.334 e. The summed E-state index contributed by atoms with van der Waals surface area (Å²) in [5.41, 5.74) is 0.209. The van der Waals surface area contributed by atoms with Crippen molar-refractivity contribution >= 4 is 16.7 Å². The molecule has 21 heavy (non-hydrogen) atoms. The Morgan fingerprint density at radius 2 is 2.14 bits per heavy atom. The number of pyridine rings is 1. The van der Waals surface area contributed by atoms with Gasteiger partial charge in [0, 0.05) is 18.0 Å². The average Bonchev–Trinajstić information content (AvgIpc) is 2.54. The summed E-state index contributed by atoms with van der Waals surface area (Å²) >= 11 is 0. The summed E-state index contributed by atoms with van der Waals surface area (Å²) in [6.07, 6.45) is 4.24. The number of H-pyrrole nitrogens is 1. The van der Waals surface area contributed by atoms with E-state index in [1.165, 1.54) is 6.42 Å². The minimum atomic E-state index is -0.193. The first kappa shape index (κ1) is 13.9. The van der Waals surface area contributed by atoms with Crippen LogP contribution in [0.2, 0.25) is 0 Å². The molecule has 0 saturated carbocycles. The number of nitrogens with zero attached hydrogens (tertiary/aromatic N) is 1. The van der Waals surface area contributed by atoms with Gasteiger partial charge in [-0.2, -0.15) is 0 Å². The van der Waals surface area contributed by atoms with Crippen LogP contribution in [0.25, 0.3) is 10.8 Å². The molecule has 110 valence electrons. The van der Waals surface area contributed by atoms with Crippen LogP contribution < -0.4 is 5.56 Å². The van der Waals surface area contributed by atoms with Crippen molar-refractivity contribution < 1.29 is 4.79 Å². The van der Waals surface area contributed by atoms with E-state index in [9.17, 15) is 9.59 Å². The van der Waals surface area contributed by atoms with E-state index in [1.807, 2.05) is 23.1 Å². The normalized spacial score (nSPS) is 18.9. The second-order valence-electron chi connectivity index (χ2n) is 5.66. The molecule has 1 fully saturated rings. The summed E-state index contributed by atoms with van der Waals surface area (Å²) in [5, 5.41) is 1.44. The van der Waals surface area contributed by atoms with Crippen LogP contribution in [0.15, 0.2) is 35.1 Å². The number of hydrogen-bond donors (Lipinski definition) is 1. The Hall–Kier alpha value is -2.10. The third-order valence-corrected chi connectivity index (χ3v) is 4.34. The van der Waals surface area contributed by atoms with Crippen molar-refractivity contribution in [1.29, 1.82) is 0 Å². The average molecular weight is 284 g/mol. The maximum atomic E-state index is 12.7. The third-order valence-electron chi connectivity index (χ3n) is 4.34. The second kappa shape index (κ2) is 5.72. The number of amides is 1. The van der Waals surface area contributed by atoms with Crippen LogP contribution in [-0.2, 0) is 0 Å². The van der Waals surface area contributed by atoms with Gasteiger partial charge >= 0.3 is 0 Å². The third kappa shape index (κ3) is 2.58. The van der Waals surface area contributed by atoms with Gasteiger partial charge in [-0.1, -0.05) is 25.1 Å². The molecule has 0 radical (unpaired) electrons. The Balaban J connectivity index is 1.99. The molecule has 1 unspecified atom stereocenters. The molecule has 1 saturated heterocycles. The molecule has 1 aliphatic heterocycles. The van der Waals surface area contributed by atoms with Gasteiger partial charge in [-0.3, -0.25) is 9.59 Å². The van der Waals surface area contributed by atoms with Gasteiger partial charge in [0.25, 0.3) is 11.5 Å². The van der Waals surface area contributed by atoms with Crippen LogP contribution >= 0.6 is 0 Å². The molecule has 2 heterocycles. The molecule has 1 aromatic carbocycles. The van der Waals surface area contributed by atoms with E-state index in [0.29, 0.717) is 17.1 Å². The molecule has 1 aromatic heterocycles. The molecule has 4 heteroatoms. The first-order chi connectivity index (χ1) is 10.2. The zero-order valence-corrected chi connectivity index (χ0v) is 12.3. The topological polar surface area (TPSA) is 53.2 Å². The van der Waals surface area contributed by atoms with Crippen molar-refractivity contribution in [1.82, 2.24) is 9.88 Å². The summed E-state index contributed by atoms with van der Waals surface area (Å²) in [5.74, 6) is -0.0515. The minimum absolute atomic E-state index is 0.0515. The van der Waals surface area contributed by atoms with Crippen molar-refractivity contribution in [3.8, 4) is 0 Å². The van der Waals surface area contributed by atoms with Crippen LogP contribution in [0.3, 0.4) is 0 Å². The van der Waals surface area contributed by atoms with E-state index >= 15 is 0 Å². The number of nitrogens with one attached hydrogen (secondary N) is 1. The van der Waals surface area contributed by atoms with Crippen LogP contribution in [-0.4, -0.2) is 28.4 Å². The van der Waals surface area contributed by atoms with E-state index in [2.05, 4.69) is 11.9 Å². The molecule has 1 amide bonds. The second-order valence-corrected chi connectivity index (χ2v) is 5.66. The lowest BCUT2D eigenvalue weighted by atomic mass is 9.99. The standard InChI is InChI=1S/C17H20N2O2/c1-2-13-8-5-6-10-19(13)17(21)15-11-12-7-3-4-9-14(12)16(20)18-15/h3-4,7,9,11,13H,2,5-6,8,10H2,1H3,(H,18,20). The zero-order chi connectivity index (χ0) is 14.8. The van der Waals surface area contributed by atoms with E-state index in [-0.39, 0.29) is 11.5 Å². The molecule has 1 N–H and O–H groups in total. The first-order valence-corrected chi connectivity index (χ1v) is 7.63. The number of aromatic nitrogens is 1. The van der Waals surface area contributed by atoms with Gasteiger partial charge in [0.05, 0.1) is 0 Å². The number of aromatic amines is 1. The Bertz CT molecular complexity index is 720. The highest BCUT2D eigenvalue weighted by atomic mass is 16.2. The number of piperidine rings is 1. The fourth-order valence-electron chi connectivity index (χ4n) is 3.17. The lowest BCUT2D eigenvalue weighted by Gasteiger charge is -2.35. The Labute approximate surface area is 123 Å². The highest BCUT2D eigenvalue weighted by Gasteiger charge is 2.26. The number of rotatable bonds is 2. The van der Waals surface area contributed by atoms with E-state index < -0.39 is 0 Å². The fourth-order valence-corrected chi connectivity index (χ4v) is 3.17. The van der Waals surface area contributed by atoms with Crippen molar-refractivity contribution in [2.75, 3.05) is 6.54 Å². The van der Waals surface area contributed by atoms with Crippen molar-refractivity contribution in [2.45, 2.75) is 38.6 Å². The summed E-state index contributed by atoms with van der Waals surface area (Å²) in [4.78, 5) is 29.5. The van der Waals surface area contributed by atoms with Crippen LogP contribution in [0.1, 0.15) is 43.1 Å². The van der Waals surface area contributed by atoms with E-state index in [0.717, 1.165) is 31.2 Å². The summed E-state index contributed by atoms with van der Waals surface area (Å²) in [6, 6.07) is 9.44. The largest absolute Gasteiger partial charge is 0.334 e. The number of likely N-dealkylation sites (tertiary alicyclic amines) is 1. The van der Waals surface area contributed by atoms with Crippen LogP contribution in [0, 0.1) is 0 Å². The Morgan fingerprint density at radius 1 is 1.33 bits per heavy atom. The molecule has 2 aromatic rings. The van der Waals surface area contributed by atoms with Gasteiger partial charge in [-0.15, -0.1) is 0 Å². The molecule has 1 aliphatic rings. The highest BCUT2D eigenvalue weighted by molar-refractivity contribution is 5.96. The van der Waals surface area contributed by atoms with Gasteiger partial charge in [-0.05, 0) is 43.2 Å². The van der Waals surface area contributed by atoms with Gasteiger partial charge < -0.3 is 9.88 Å². The number of fused-ring (bicyclic) bond motifs is 1. The molecule has 0 spiro atoms. The molecule has 1 atom stereocenters. The van der Waals surface area contributed by atoms with E-state index in [1.54, 1.807) is 12.1 Å². The Kier molecular flexibility index (Phi) is 3.78. The fraction of sp³-hybridized carbons (Fsp3) is 0.412. The molecular weight excluding hydrogens is 264 g/mol. The van der Waals surface area contributed by atoms with Crippen LogP contribution in [0.5, 0.6) is 0 Å². The smallest absolute Gasteiger partial charge is 0.270 e. The van der Waals surface area contributed by atoms with E-state index in [4.69, 9.17) is 0 Å². The number of hydrogen-bond acceptors (Lipinski definition) is 2. The summed E-state index contributed by atoms with van der Waals surface area (Å²) in [7, 11) is 0. The molecule has 4 nitrogen and oxygen atoms in total. The summed E-state index contributed by atoms with van der Waals surface area (Å²) in [6.45, 7) is 2.89. The predicted octanol–water partition coefficient (Wildman–Crippen LogP) is 2.93. The summed E-state index contributed by atoms with van der Waals surface area (Å²) < 4.78 is 0. The predicted molar refractivity (Wildman–Crippen MR) is 83.5 cm³/mol. The van der Waals surface area contributed by atoms with Crippen molar-refractivity contribution in [2.24, 2.45) is 0 Å². The van der Waals surface area contributed by atoms with Crippen LogP contribution in [0.4, 0.5) is 0 Å². The zero-order valence-electron chi connectivity index (χ0n) is 12.3. The maximum absolute atomic E-state index is 12.7. The monoisotopic (exact) mass is 284 g/mol. The quantitative estimate of drug-likeness (QED) is 0.922. The van der Waals surface area contributed by atoms with Gasteiger partial charge in [0.2, 0.25) is 0 Å². The first-order valence-electron chi connectivity index (χ1n) is 7.63. The van der Waals surface area contributed by atoms with Crippen molar-refractivity contribution in [3.63, 3.8) is 0 Å².